The Kier molecular flexibility index (Phi) is 3.11. The number of nitrogens with zero attached hydrogens (tertiary/aromatic N) is 3. The molecule has 0 aromatic carbocycles. The molecule has 94 valence electrons. The molecule has 18 heavy (non-hydrogen) atoms. The minimum absolute atomic E-state index is 0.307. The Hall–Kier alpha value is -1.68. The molecule has 0 bridgehead atoms. The molecule has 1 atom stereocenters. The van der Waals surface area contributed by atoms with E-state index in [0.717, 1.165) is 6.54 Å². The van der Waals surface area contributed by atoms with Crippen molar-refractivity contribution in [2.24, 2.45) is 0 Å². The molecule has 1 fully saturated rings. The van der Waals surface area contributed by atoms with Crippen LogP contribution in [0.3, 0.4) is 0 Å². The van der Waals surface area contributed by atoms with Crippen LogP contribution >= 0.6 is 0 Å². The van der Waals surface area contributed by atoms with Crippen LogP contribution in [0.15, 0.2) is 37.1 Å². The zero-order valence-electron chi connectivity index (χ0n) is 10.6. The van der Waals surface area contributed by atoms with Gasteiger partial charge in [0.15, 0.2) is 0 Å². The van der Waals surface area contributed by atoms with Crippen molar-refractivity contribution in [3.63, 3.8) is 0 Å². The number of imidazole rings is 1. The number of pyridine rings is 1. The maximum Gasteiger partial charge on any atom is 0.0951 e. The van der Waals surface area contributed by atoms with E-state index in [1.807, 2.05) is 24.8 Å². The molecule has 2 aromatic heterocycles. The highest BCUT2D eigenvalue weighted by Crippen LogP contribution is 2.35. The first-order chi connectivity index (χ1) is 8.84. The maximum atomic E-state index is 4.24. The first-order valence-corrected chi connectivity index (χ1v) is 6.48. The van der Waals surface area contributed by atoms with Crippen LogP contribution in [0.25, 0.3) is 0 Å². The summed E-state index contributed by atoms with van der Waals surface area (Å²) in [6.45, 7) is 3.02. The van der Waals surface area contributed by atoms with Gasteiger partial charge in [0.1, 0.15) is 0 Å². The zero-order chi connectivity index (χ0) is 12.4. The minimum Gasteiger partial charge on any atom is -0.330 e. The van der Waals surface area contributed by atoms with Crippen LogP contribution in [0.2, 0.25) is 0 Å². The monoisotopic (exact) mass is 242 g/mol. The summed E-state index contributed by atoms with van der Waals surface area (Å²) in [5, 5.41) is 3.52. The van der Waals surface area contributed by atoms with Gasteiger partial charge in [0.25, 0.3) is 0 Å². The standard InChI is InChI=1S/C14H18N4/c1-11(12-3-2-6-15-7-12)17-9-14-8-16-10-18(14)13-4-5-13/h2-3,6-8,10-11,13,17H,4-5,9H2,1H3/t11-/m0/s1. The highest BCUT2D eigenvalue weighted by Gasteiger charge is 2.25. The molecular weight excluding hydrogens is 224 g/mol. The van der Waals surface area contributed by atoms with Crippen LogP contribution in [0.1, 0.15) is 43.1 Å². The molecule has 0 radical (unpaired) electrons. The van der Waals surface area contributed by atoms with E-state index in [9.17, 15) is 0 Å². The summed E-state index contributed by atoms with van der Waals surface area (Å²) in [7, 11) is 0. The van der Waals surface area contributed by atoms with Crippen LogP contribution in [0.5, 0.6) is 0 Å². The zero-order valence-corrected chi connectivity index (χ0v) is 10.6. The van der Waals surface area contributed by atoms with E-state index in [0.29, 0.717) is 12.1 Å². The maximum absolute atomic E-state index is 4.24. The third-order valence-electron chi connectivity index (χ3n) is 3.46. The molecule has 2 heterocycles. The fraction of sp³-hybridized carbons (Fsp3) is 0.429. The molecule has 0 unspecified atom stereocenters. The van der Waals surface area contributed by atoms with Crippen molar-refractivity contribution < 1.29 is 0 Å². The lowest BCUT2D eigenvalue weighted by molar-refractivity contribution is 0.546. The molecule has 0 saturated heterocycles. The van der Waals surface area contributed by atoms with Crippen LogP contribution in [-0.2, 0) is 6.54 Å². The van der Waals surface area contributed by atoms with Crippen LogP contribution < -0.4 is 5.32 Å². The Morgan fingerprint density at radius 3 is 3.00 bits per heavy atom. The molecule has 0 aliphatic heterocycles. The quantitative estimate of drug-likeness (QED) is 0.875. The molecule has 1 aliphatic carbocycles. The van der Waals surface area contributed by atoms with E-state index in [4.69, 9.17) is 0 Å². The summed E-state index contributed by atoms with van der Waals surface area (Å²) < 4.78 is 2.29. The van der Waals surface area contributed by atoms with Crippen LogP contribution in [0, 0.1) is 0 Å². The van der Waals surface area contributed by atoms with Crippen molar-refractivity contribution in [2.45, 2.75) is 38.4 Å². The number of aromatic nitrogens is 3. The average molecular weight is 242 g/mol. The van der Waals surface area contributed by atoms with E-state index in [-0.39, 0.29) is 0 Å². The van der Waals surface area contributed by atoms with E-state index >= 15 is 0 Å². The lowest BCUT2D eigenvalue weighted by Crippen LogP contribution is -2.20. The lowest BCUT2D eigenvalue weighted by Gasteiger charge is -2.14. The third kappa shape index (κ3) is 2.43. The second-order valence-corrected chi connectivity index (χ2v) is 4.91. The van der Waals surface area contributed by atoms with Gasteiger partial charge in [0.05, 0.1) is 12.0 Å². The van der Waals surface area contributed by atoms with Gasteiger partial charge in [0.2, 0.25) is 0 Å². The van der Waals surface area contributed by atoms with Gasteiger partial charge < -0.3 is 9.88 Å². The van der Waals surface area contributed by atoms with Crippen molar-refractivity contribution in [2.75, 3.05) is 0 Å². The van der Waals surface area contributed by atoms with Crippen LogP contribution in [0.4, 0.5) is 0 Å². The van der Waals surface area contributed by atoms with E-state index < -0.39 is 0 Å². The van der Waals surface area contributed by atoms with Gasteiger partial charge in [0, 0.05) is 37.2 Å². The van der Waals surface area contributed by atoms with Gasteiger partial charge in [-0.25, -0.2) is 4.98 Å². The molecule has 4 nitrogen and oxygen atoms in total. The lowest BCUT2D eigenvalue weighted by atomic mass is 10.1. The summed E-state index contributed by atoms with van der Waals surface area (Å²) in [6.07, 6.45) is 10.2. The van der Waals surface area contributed by atoms with Crippen molar-refractivity contribution in [3.05, 3.63) is 48.3 Å². The predicted octanol–water partition coefficient (Wildman–Crippen LogP) is 2.46. The van der Waals surface area contributed by atoms with Crippen molar-refractivity contribution >= 4 is 0 Å². The molecule has 3 rings (SSSR count). The van der Waals surface area contributed by atoms with Crippen molar-refractivity contribution in [1.29, 1.82) is 0 Å². The SMILES string of the molecule is C[C@H](NCc1cncn1C1CC1)c1cccnc1. The largest absolute Gasteiger partial charge is 0.330 e. The van der Waals surface area contributed by atoms with E-state index in [1.165, 1.54) is 24.1 Å². The highest BCUT2D eigenvalue weighted by atomic mass is 15.1. The van der Waals surface area contributed by atoms with Gasteiger partial charge in [-0.05, 0) is 31.4 Å². The number of nitrogens with one attached hydrogen (secondary N) is 1. The predicted molar refractivity (Wildman–Crippen MR) is 70.0 cm³/mol. The topological polar surface area (TPSA) is 42.7 Å². The van der Waals surface area contributed by atoms with Crippen LogP contribution in [-0.4, -0.2) is 14.5 Å². The fourth-order valence-corrected chi connectivity index (χ4v) is 2.16. The number of rotatable bonds is 5. The molecule has 2 aromatic rings. The van der Waals surface area contributed by atoms with Gasteiger partial charge in [-0.15, -0.1) is 0 Å². The second-order valence-electron chi connectivity index (χ2n) is 4.91. The Labute approximate surface area is 107 Å². The molecule has 0 spiro atoms. The molecule has 1 N–H and O–H groups in total. The average Bonchev–Trinajstić information content (AvgIpc) is 3.16. The first-order valence-electron chi connectivity index (χ1n) is 6.48. The second kappa shape index (κ2) is 4.90. The fourth-order valence-electron chi connectivity index (χ4n) is 2.16. The molecule has 4 heteroatoms. The summed E-state index contributed by atoms with van der Waals surface area (Å²) in [5.74, 6) is 0. The van der Waals surface area contributed by atoms with Crippen molar-refractivity contribution in [1.82, 2.24) is 19.9 Å². The Bertz CT molecular complexity index is 502. The Morgan fingerprint density at radius 1 is 1.39 bits per heavy atom. The number of hydrogen-bond acceptors (Lipinski definition) is 3. The molecule has 1 aliphatic rings. The van der Waals surface area contributed by atoms with Crippen molar-refractivity contribution in [3.8, 4) is 0 Å². The van der Waals surface area contributed by atoms with E-state index in [1.54, 1.807) is 6.20 Å². The Balaban J connectivity index is 1.62. The summed E-state index contributed by atoms with van der Waals surface area (Å²) >= 11 is 0. The molecule has 1 saturated carbocycles. The van der Waals surface area contributed by atoms with Gasteiger partial charge in [-0.2, -0.15) is 0 Å². The molecular formula is C14H18N4. The van der Waals surface area contributed by atoms with Gasteiger partial charge in [-0.1, -0.05) is 6.07 Å². The number of hydrogen-bond donors (Lipinski definition) is 1. The van der Waals surface area contributed by atoms with E-state index in [2.05, 4.69) is 32.8 Å². The molecule has 0 amide bonds. The first kappa shape index (κ1) is 11.4. The Morgan fingerprint density at radius 2 is 2.28 bits per heavy atom. The van der Waals surface area contributed by atoms with Gasteiger partial charge in [-0.3, -0.25) is 4.98 Å². The summed E-state index contributed by atoms with van der Waals surface area (Å²) in [4.78, 5) is 8.39. The summed E-state index contributed by atoms with van der Waals surface area (Å²) in [5.41, 5.74) is 2.49. The smallest absolute Gasteiger partial charge is 0.0951 e. The van der Waals surface area contributed by atoms with Gasteiger partial charge >= 0.3 is 0 Å². The highest BCUT2D eigenvalue weighted by molar-refractivity contribution is 5.13. The minimum atomic E-state index is 0.307. The normalized spacial score (nSPS) is 16.7. The third-order valence-corrected chi connectivity index (χ3v) is 3.46. The summed E-state index contributed by atoms with van der Waals surface area (Å²) in [6, 6.07) is 5.07.